The van der Waals surface area contributed by atoms with E-state index in [0.29, 0.717) is 35.6 Å². The highest BCUT2D eigenvalue weighted by Crippen LogP contribution is 2.46. The van der Waals surface area contributed by atoms with Gasteiger partial charge < -0.3 is 20.3 Å². The Morgan fingerprint density at radius 2 is 1.49 bits per heavy atom. The van der Waals surface area contributed by atoms with Crippen molar-refractivity contribution in [1.29, 1.82) is 0 Å². The van der Waals surface area contributed by atoms with Gasteiger partial charge in [-0.2, -0.15) is 0 Å². The molecule has 2 unspecified atom stereocenters. The molecule has 10 heteroatoms. The van der Waals surface area contributed by atoms with Gasteiger partial charge in [-0.05, 0) is 59.4 Å². The second-order valence-corrected chi connectivity index (χ2v) is 16.9. The van der Waals surface area contributed by atoms with E-state index in [0.717, 1.165) is 36.0 Å². The van der Waals surface area contributed by atoms with Crippen LogP contribution in [-0.4, -0.2) is 47.0 Å². The van der Waals surface area contributed by atoms with Crippen molar-refractivity contribution in [2.75, 3.05) is 11.1 Å². The van der Waals surface area contributed by atoms with E-state index in [4.69, 9.17) is 4.74 Å². The number of anilines is 1. The van der Waals surface area contributed by atoms with Crippen LogP contribution in [0, 0.1) is 11.8 Å². The molecule has 49 heavy (non-hydrogen) atoms. The number of rotatable bonds is 12. The van der Waals surface area contributed by atoms with E-state index in [1.807, 2.05) is 81.4 Å². The van der Waals surface area contributed by atoms with Crippen LogP contribution in [0.4, 0.5) is 5.69 Å². The molecular formula is C39H47NO8S. The van der Waals surface area contributed by atoms with Gasteiger partial charge in [0.25, 0.3) is 0 Å². The predicted octanol–water partition coefficient (Wildman–Crippen LogP) is 7.72. The van der Waals surface area contributed by atoms with Crippen LogP contribution in [0.3, 0.4) is 0 Å². The molecule has 5 rings (SSSR count). The smallest absolute Gasteiger partial charge is 0.325 e. The van der Waals surface area contributed by atoms with Gasteiger partial charge in [-0.15, -0.1) is 0 Å². The van der Waals surface area contributed by atoms with Crippen molar-refractivity contribution in [3.05, 3.63) is 89.0 Å². The molecule has 1 aliphatic carbocycles. The molecule has 0 bridgehead atoms. The number of fused-ring (bicyclic) bond motifs is 2. The van der Waals surface area contributed by atoms with Crippen molar-refractivity contribution in [3.8, 4) is 11.5 Å². The maximum Gasteiger partial charge on any atom is 0.325 e. The highest BCUT2D eigenvalue weighted by molar-refractivity contribution is 7.94. The van der Waals surface area contributed by atoms with Gasteiger partial charge in [-0.25, -0.2) is 8.42 Å². The summed E-state index contributed by atoms with van der Waals surface area (Å²) in [5.41, 5.74) is 3.57. The van der Waals surface area contributed by atoms with E-state index >= 15 is 0 Å². The lowest BCUT2D eigenvalue weighted by Crippen LogP contribution is -2.56. The normalized spacial score (nSPS) is 17.1. The second kappa shape index (κ2) is 14.4. The molecule has 3 aromatic carbocycles. The number of carboxylic acids is 2. The molecule has 3 N–H and O–H groups in total. The van der Waals surface area contributed by atoms with E-state index in [9.17, 15) is 33.0 Å². The van der Waals surface area contributed by atoms with Crippen LogP contribution in [0.2, 0.25) is 0 Å². The van der Waals surface area contributed by atoms with Gasteiger partial charge in [0.15, 0.2) is 14.6 Å². The number of ether oxygens (including phenoxy) is 1. The van der Waals surface area contributed by atoms with Crippen LogP contribution in [-0.2, 0) is 36.1 Å². The minimum atomic E-state index is -4.61. The van der Waals surface area contributed by atoms with Crippen LogP contribution in [0.25, 0.3) is 0 Å². The molecule has 262 valence electrons. The number of carboxylic acid groups (broad SMARTS) is 2. The Hall–Kier alpha value is -4.18. The lowest BCUT2D eigenvalue weighted by Gasteiger charge is -2.40. The molecule has 0 spiro atoms. The number of sulfone groups is 1. The van der Waals surface area contributed by atoms with E-state index in [2.05, 4.69) is 5.32 Å². The summed E-state index contributed by atoms with van der Waals surface area (Å²) >= 11 is 0. The summed E-state index contributed by atoms with van der Waals surface area (Å²) in [6.07, 6.45) is 4.11. The van der Waals surface area contributed by atoms with Crippen molar-refractivity contribution in [3.63, 3.8) is 0 Å². The zero-order valence-electron chi connectivity index (χ0n) is 28.7. The van der Waals surface area contributed by atoms with Crippen LogP contribution < -0.4 is 10.1 Å². The number of carbonyl (C=O) groups is 3. The zero-order valence-corrected chi connectivity index (χ0v) is 29.5. The summed E-state index contributed by atoms with van der Waals surface area (Å²) in [4.78, 5) is 38.6. The first-order valence-electron chi connectivity index (χ1n) is 17.1. The molecule has 0 aromatic heterocycles. The minimum Gasteiger partial charge on any atom is -0.480 e. The molecule has 3 aromatic rings. The van der Waals surface area contributed by atoms with Crippen LogP contribution in [0.15, 0.2) is 66.7 Å². The molecule has 9 nitrogen and oxygen atoms in total. The maximum absolute atomic E-state index is 13.8. The number of aliphatic carboxylic acids is 2. The van der Waals surface area contributed by atoms with Crippen molar-refractivity contribution in [1.82, 2.24) is 0 Å². The third-order valence-corrected chi connectivity index (χ3v) is 13.0. The second-order valence-electron chi connectivity index (χ2n) is 14.6. The number of hydrogen-bond donors (Lipinski definition) is 3. The van der Waals surface area contributed by atoms with E-state index in [-0.39, 0.29) is 42.4 Å². The average Bonchev–Trinajstić information content (AvgIpc) is 3.04. The fraction of sp³-hybridized carbons (Fsp3) is 0.462. The number of benzene rings is 3. The monoisotopic (exact) mass is 689 g/mol. The molecule has 0 radical (unpaired) electrons. The van der Waals surface area contributed by atoms with E-state index in [1.54, 1.807) is 13.0 Å². The summed E-state index contributed by atoms with van der Waals surface area (Å²) in [7, 11) is -4.61. The number of hydrogen-bond acceptors (Lipinski definition) is 6. The summed E-state index contributed by atoms with van der Waals surface area (Å²) in [5.74, 6) is -4.30. The largest absolute Gasteiger partial charge is 0.480 e. The number of para-hydroxylation sites is 2. The van der Waals surface area contributed by atoms with Gasteiger partial charge in [0, 0.05) is 29.2 Å². The molecule has 1 fully saturated rings. The van der Waals surface area contributed by atoms with Crippen molar-refractivity contribution in [2.24, 2.45) is 11.8 Å². The molecule has 2 atom stereocenters. The summed E-state index contributed by atoms with van der Waals surface area (Å²) in [5, 5.41) is 23.3. The van der Waals surface area contributed by atoms with Crippen molar-refractivity contribution in [2.45, 2.75) is 95.1 Å². The molecule has 1 saturated carbocycles. The fourth-order valence-electron chi connectivity index (χ4n) is 7.86. The fourth-order valence-corrected chi connectivity index (χ4v) is 9.88. The topological polar surface area (TPSA) is 147 Å². The Morgan fingerprint density at radius 3 is 2.04 bits per heavy atom. The van der Waals surface area contributed by atoms with Gasteiger partial charge >= 0.3 is 11.9 Å². The van der Waals surface area contributed by atoms with Gasteiger partial charge in [0.1, 0.15) is 17.3 Å². The molecule has 1 aliphatic heterocycles. The quantitative estimate of drug-likeness (QED) is 0.175. The first-order chi connectivity index (χ1) is 23.1. The standard InChI is InChI=1S/C39H47NO8S/c1-25(27-12-6-5-7-13-27)39(37(44)45,49(46,47)24-36(42)43)21-20-26-18-19-31(38(2,3)4)32(22-26)40-35(41)23-30-28-14-8-10-16-33(28)48-34-17-11-9-15-29(30)34/h8-11,14-19,22,25,27,30H,5-7,12-13,20-21,23-24H2,1-4H3,(H,40,41)(H,42,43)(H,44,45). The highest BCUT2D eigenvalue weighted by Gasteiger charge is 2.56. The van der Waals surface area contributed by atoms with Gasteiger partial charge in [0.2, 0.25) is 5.91 Å². The van der Waals surface area contributed by atoms with Crippen molar-refractivity contribution < 1.29 is 37.8 Å². The summed E-state index contributed by atoms with van der Waals surface area (Å²) < 4.78 is 31.3. The minimum absolute atomic E-state index is 0.0657. The van der Waals surface area contributed by atoms with Gasteiger partial charge in [-0.1, -0.05) is 108 Å². The van der Waals surface area contributed by atoms with E-state index in [1.165, 1.54) is 0 Å². The van der Waals surface area contributed by atoms with Crippen LogP contribution >= 0.6 is 0 Å². The maximum atomic E-state index is 13.8. The first-order valence-corrected chi connectivity index (χ1v) is 18.8. The SMILES string of the molecule is CC(C1CCCCC1)C(CCc1ccc(C(C)(C)C)c(NC(=O)CC2c3ccccc3Oc3ccccc32)c1)(C(=O)O)S(=O)(=O)CC(=O)O. The number of amides is 1. The number of nitrogens with one attached hydrogen (secondary N) is 1. The van der Waals surface area contributed by atoms with Crippen LogP contribution in [0.5, 0.6) is 11.5 Å². The lowest BCUT2D eigenvalue weighted by molar-refractivity contribution is -0.142. The Labute approximate surface area is 289 Å². The first kappa shape index (κ1) is 36.1. The molecule has 2 aliphatic rings. The Kier molecular flexibility index (Phi) is 10.6. The third kappa shape index (κ3) is 7.54. The number of aryl methyl sites for hydroxylation is 1. The third-order valence-electron chi connectivity index (χ3n) is 10.5. The molecule has 1 heterocycles. The van der Waals surface area contributed by atoms with Crippen LogP contribution in [0.1, 0.15) is 101 Å². The Morgan fingerprint density at radius 1 is 0.898 bits per heavy atom. The molecule has 1 amide bonds. The van der Waals surface area contributed by atoms with Gasteiger partial charge in [-0.3, -0.25) is 14.4 Å². The predicted molar refractivity (Wildman–Crippen MR) is 189 cm³/mol. The molecular weight excluding hydrogens is 642 g/mol. The zero-order chi connectivity index (χ0) is 35.6. The Bertz CT molecular complexity index is 1780. The Balaban J connectivity index is 1.45. The lowest BCUT2D eigenvalue weighted by atomic mass is 9.73. The van der Waals surface area contributed by atoms with Gasteiger partial charge in [0.05, 0.1) is 0 Å². The average molecular weight is 690 g/mol. The number of carbonyl (C=O) groups excluding carboxylic acids is 1. The van der Waals surface area contributed by atoms with Crippen molar-refractivity contribution >= 4 is 33.4 Å². The molecule has 0 saturated heterocycles. The highest BCUT2D eigenvalue weighted by atomic mass is 32.2. The summed E-state index contributed by atoms with van der Waals surface area (Å²) in [6, 6.07) is 20.9. The van der Waals surface area contributed by atoms with E-state index < -0.39 is 38.2 Å². The summed E-state index contributed by atoms with van der Waals surface area (Å²) in [6.45, 7) is 7.75.